The lowest BCUT2D eigenvalue weighted by molar-refractivity contribution is 0.286. The number of hydrogen-bond acceptors (Lipinski definition) is 3. The van der Waals surface area contributed by atoms with Crippen LogP contribution in [0.2, 0.25) is 0 Å². The van der Waals surface area contributed by atoms with Crippen molar-refractivity contribution in [3.8, 4) is 17.9 Å². The summed E-state index contributed by atoms with van der Waals surface area (Å²) in [5, 5.41) is 17.2. The van der Waals surface area contributed by atoms with E-state index in [0.717, 1.165) is 12.1 Å². The van der Waals surface area contributed by atoms with Crippen molar-refractivity contribution in [2.75, 3.05) is 19.7 Å². The first-order valence-corrected chi connectivity index (χ1v) is 6.18. The molecule has 3 nitrogen and oxygen atoms in total. The molecular formula is C15H17FN2O. The smallest absolute Gasteiger partial charge is 0.124 e. The quantitative estimate of drug-likeness (QED) is 0.823. The fourth-order valence-electron chi connectivity index (χ4n) is 1.77. The van der Waals surface area contributed by atoms with E-state index in [1.165, 1.54) is 12.1 Å². The largest absolute Gasteiger partial charge is 0.384 e. The van der Waals surface area contributed by atoms with Gasteiger partial charge in [-0.15, -0.1) is 0 Å². The van der Waals surface area contributed by atoms with Gasteiger partial charge in [-0.2, -0.15) is 5.26 Å². The first-order chi connectivity index (χ1) is 9.19. The van der Waals surface area contributed by atoms with Gasteiger partial charge in [0, 0.05) is 25.1 Å². The summed E-state index contributed by atoms with van der Waals surface area (Å²) in [6, 6.07) is 6.73. The van der Waals surface area contributed by atoms with Gasteiger partial charge in [-0.05, 0) is 30.3 Å². The lowest BCUT2D eigenvalue weighted by Crippen LogP contribution is -2.23. The lowest BCUT2D eigenvalue weighted by atomic mass is 10.1. The van der Waals surface area contributed by atoms with Crippen LogP contribution in [-0.2, 0) is 6.54 Å². The summed E-state index contributed by atoms with van der Waals surface area (Å²) in [6.45, 7) is 3.82. The van der Waals surface area contributed by atoms with Gasteiger partial charge in [0.2, 0.25) is 0 Å². The molecule has 0 aliphatic carbocycles. The minimum absolute atomic E-state index is 0.241. The van der Waals surface area contributed by atoms with Crippen LogP contribution in [0.15, 0.2) is 18.2 Å². The van der Waals surface area contributed by atoms with Gasteiger partial charge in [0.1, 0.15) is 12.4 Å². The fourth-order valence-corrected chi connectivity index (χ4v) is 1.77. The predicted octanol–water partition coefficient (Wildman–Crippen LogP) is 1.91. The average Bonchev–Trinajstić information content (AvgIpc) is 2.40. The van der Waals surface area contributed by atoms with Gasteiger partial charge in [-0.3, -0.25) is 4.90 Å². The molecule has 0 aliphatic rings. The molecule has 0 bridgehead atoms. The molecular weight excluding hydrogens is 243 g/mol. The second kappa shape index (κ2) is 8.26. The van der Waals surface area contributed by atoms with Gasteiger partial charge in [0.15, 0.2) is 0 Å². The zero-order chi connectivity index (χ0) is 14.1. The Hall–Kier alpha value is -1.88. The molecule has 1 aromatic carbocycles. The van der Waals surface area contributed by atoms with Crippen molar-refractivity contribution < 1.29 is 9.50 Å². The maximum absolute atomic E-state index is 13.5. The fraction of sp³-hybridized carbons (Fsp3) is 0.400. The van der Waals surface area contributed by atoms with Gasteiger partial charge < -0.3 is 5.11 Å². The number of benzene rings is 1. The summed E-state index contributed by atoms with van der Waals surface area (Å²) in [7, 11) is 0. The second-order valence-corrected chi connectivity index (χ2v) is 4.08. The number of aliphatic hydroxyl groups excluding tert-OH is 1. The number of nitrogens with zero attached hydrogens (tertiary/aromatic N) is 2. The van der Waals surface area contributed by atoms with Crippen LogP contribution in [0.25, 0.3) is 0 Å². The highest BCUT2D eigenvalue weighted by molar-refractivity contribution is 5.37. The van der Waals surface area contributed by atoms with Crippen LogP contribution in [0, 0.1) is 29.0 Å². The van der Waals surface area contributed by atoms with Crippen LogP contribution in [0.4, 0.5) is 4.39 Å². The number of rotatable bonds is 5. The molecule has 0 heterocycles. The summed E-state index contributed by atoms with van der Waals surface area (Å²) < 4.78 is 13.5. The molecule has 0 spiro atoms. The van der Waals surface area contributed by atoms with Crippen molar-refractivity contribution in [2.45, 2.75) is 19.9 Å². The number of halogens is 1. The van der Waals surface area contributed by atoms with E-state index in [9.17, 15) is 4.39 Å². The number of hydrogen-bond donors (Lipinski definition) is 1. The predicted molar refractivity (Wildman–Crippen MR) is 71.5 cm³/mol. The highest BCUT2D eigenvalue weighted by atomic mass is 19.1. The van der Waals surface area contributed by atoms with E-state index in [0.29, 0.717) is 25.1 Å². The zero-order valence-corrected chi connectivity index (χ0v) is 11.0. The summed E-state index contributed by atoms with van der Waals surface area (Å²) in [4.78, 5) is 2.07. The topological polar surface area (TPSA) is 47.3 Å². The van der Waals surface area contributed by atoms with Crippen LogP contribution in [-0.4, -0.2) is 29.7 Å². The monoisotopic (exact) mass is 260 g/mol. The van der Waals surface area contributed by atoms with Gasteiger partial charge in [0.05, 0.1) is 6.07 Å². The van der Waals surface area contributed by atoms with Gasteiger partial charge in [-0.1, -0.05) is 18.8 Å². The Bertz CT molecular complexity index is 511. The molecule has 0 unspecified atom stereocenters. The van der Waals surface area contributed by atoms with Crippen molar-refractivity contribution in [2.24, 2.45) is 0 Å². The minimum atomic E-state index is -0.337. The van der Waals surface area contributed by atoms with Crippen molar-refractivity contribution in [3.63, 3.8) is 0 Å². The molecule has 0 amide bonds. The molecule has 0 aromatic heterocycles. The Morgan fingerprint density at radius 2 is 2.16 bits per heavy atom. The van der Waals surface area contributed by atoms with Gasteiger partial charge >= 0.3 is 0 Å². The summed E-state index contributed by atoms with van der Waals surface area (Å²) >= 11 is 0. The molecule has 1 rings (SSSR count). The Balaban J connectivity index is 2.82. The molecule has 1 aromatic rings. The van der Waals surface area contributed by atoms with E-state index in [1.807, 2.05) is 6.92 Å². The Morgan fingerprint density at radius 3 is 2.79 bits per heavy atom. The molecule has 19 heavy (non-hydrogen) atoms. The van der Waals surface area contributed by atoms with E-state index in [2.05, 4.69) is 22.8 Å². The molecule has 0 atom stereocenters. The van der Waals surface area contributed by atoms with E-state index in [4.69, 9.17) is 10.4 Å². The first kappa shape index (κ1) is 15.2. The van der Waals surface area contributed by atoms with E-state index < -0.39 is 0 Å². The SMILES string of the molecule is CCN(CCC#N)Cc1cc(F)cc(C#CCO)c1. The Labute approximate surface area is 113 Å². The highest BCUT2D eigenvalue weighted by Gasteiger charge is 2.05. The minimum Gasteiger partial charge on any atom is -0.384 e. The maximum atomic E-state index is 13.5. The summed E-state index contributed by atoms with van der Waals surface area (Å²) in [6.07, 6.45) is 0.459. The standard InChI is InChI=1S/C15H17FN2O/c1-2-18(7-4-6-17)12-14-9-13(5-3-8-19)10-15(16)11-14/h9-11,19H,2,4,7-8,12H2,1H3. The summed E-state index contributed by atoms with van der Waals surface area (Å²) in [5.74, 6) is 4.86. The third kappa shape index (κ3) is 5.52. The van der Waals surface area contributed by atoms with Crippen LogP contribution in [0.3, 0.4) is 0 Å². The van der Waals surface area contributed by atoms with E-state index >= 15 is 0 Å². The van der Waals surface area contributed by atoms with Gasteiger partial charge in [-0.25, -0.2) is 4.39 Å². The third-order valence-electron chi connectivity index (χ3n) is 2.66. The zero-order valence-electron chi connectivity index (χ0n) is 11.0. The Kier molecular flexibility index (Phi) is 6.60. The Morgan fingerprint density at radius 1 is 1.37 bits per heavy atom. The lowest BCUT2D eigenvalue weighted by Gasteiger charge is -2.19. The molecule has 0 saturated carbocycles. The third-order valence-corrected chi connectivity index (χ3v) is 2.66. The van der Waals surface area contributed by atoms with Crippen LogP contribution in [0.5, 0.6) is 0 Å². The molecule has 0 aliphatic heterocycles. The van der Waals surface area contributed by atoms with Crippen LogP contribution in [0.1, 0.15) is 24.5 Å². The average molecular weight is 260 g/mol. The molecule has 1 N–H and O–H groups in total. The van der Waals surface area contributed by atoms with E-state index in [1.54, 1.807) is 6.07 Å². The molecule has 4 heteroatoms. The van der Waals surface area contributed by atoms with Crippen molar-refractivity contribution in [3.05, 3.63) is 35.1 Å². The second-order valence-electron chi connectivity index (χ2n) is 4.08. The van der Waals surface area contributed by atoms with Crippen molar-refractivity contribution in [1.29, 1.82) is 5.26 Å². The van der Waals surface area contributed by atoms with E-state index in [-0.39, 0.29) is 12.4 Å². The molecule has 0 saturated heterocycles. The molecule has 100 valence electrons. The number of aliphatic hydroxyl groups is 1. The van der Waals surface area contributed by atoms with Gasteiger partial charge in [0.25, 0.3) is 0 Å². The molecule has 0 fully saturated rings. The van der Waals surface area contributed by atoms with Crippen LogP contribution < -0.4 is 0 Å². The normalized spacial score (nSPS) is 9.84. The van der Waals surface area contributed by atoms with Crippen molar-refractivity contribution >= 4 is 0 Å². The van der Waals surface area contributed by atoms with Crippen molar-refractivity contribution in [1.82, 2.24) is 4.90 Å². The number of nitriles is 1. The highest BCUT2D eigenvalue weighted by Crippen LogP contribution is 2.11. The first-order valence-electron chi connectivity index (χ1n) is 6.18. The molecule has 0 radical (unpaired) electrons. The summed E-state index contributed by atoms with van der Waals surface area (Å²) in [5.41, 5.74) is 1.38. The maximum Gasteiger partial charge on any atom is 0.124 e. The van der Waals surface area contributed by atoms with Crippen LogP contribution >= 0.6 is 0 Å².